The number of nitrogens with one attached hydrogen (secondary N) is 1. The molecule has 2 atom stereocenters. The van der Waals surface area contributed by atoms with Crippen LogP contribution < -0.4 is 5.32 Å². The molecule has 0 radical (unpaired) electrons. The first-order valence-electron chi connectivity index (χ1n) is 8.84. The SMILES string of the molecule is CCCC1CN(CCC2CCCO2)C(CC)(CC)CN1. The fourth-order valence-electron chi connectivity index (χ4n) is 3.96. The maximum Gasteiger partial charge on any atom is 0.0588 e. The molecular weight excluding hydrogens is 248 g/mol. The number of hydrogen-bond donors (Lipinski definition) is 1. The van der Waals surface area contributed by atoms with Crippen molar-refractivity contribution in [3.63, 3.8) is 0 Å². The van der Waals surface area contributed by atoms with Crippen molar-refractivity contribution in [2.45, 2.75) is 83.4 Å². The second-order valence-corrected chi connectivity index (χ2v) is 6.67. The van der Waals surface area contributed by atoms with E-state index in [1.54, 1.807) is 0 Å². The normalized spacial score (nSPS) is 30.8. The van der Waals surface area contributed by atoms with Gasteiger partial charge in [0.1, 0.15) is 0 Å². The standard InChI is InChI=1S/C17H34N2O/c1-4-8-15-13-19(11-10-16-9-7-12-20-16)17(5-2,6-3)14-18-15/h15-16,18H,4-14H2,1-3H3. The molecule has 20 heavy (non-hydrogen) atoms. The van der Waals surface area contributed by atoms with E-state index < -0.39 is 0 Å². The molecule has 0 amide bonds. The van der Waals surface area contributed by atoms with Crippen LogP contribution in [0.25, 0.3) is 0 Å². The summed E-state index contributed by atoms with van der Waals surface area (Å²) in [6.45, 7) is 11.6. The Kier molecular flexibility index (Phi) is 6.31. The van der Waals surface area contributed by atoms with E-state index in [0.717, 1.165) is 13.2 Å². The Labute approximate surface area is 125 Å². The molecule has 2 fully saturated rings. The zero-order valence-electron chi connectivity index (χ0n) is 13.8. The van der Waals surface area contributed by atoms with E-state index in [9.17, 15) is 0 Å². The molecule has 0 aliphatic carbocycles. The summed E-state index contributed by atoms with van der Waals surface area (Å²) in [5.74, 6) is 0. The lowest BCUT2D eigenvalue weighted by Gasteiger charge is -2.50. The third-order valence-electron chi connectivity index (χ3n) is 5.53. The first-order chi connectivity index (χ1) is 9.74. The fourth-order valence-corrected chi connectivity index (χ4v) is 3.96. The Bertz CT molecular complexity index is 272. The minimum absolute atomic E-state index is 0.378. The summed E-state index contributed by atoms with van der Waals surface area (Å²) >= 11 is 0. The van der Waals surface area contributed by atoms with Gasteiger partial charge in [-0.05, 0) is 38.5 Å². The van der Waals surface area contributed by atoms with Crippen LogP contribution in [-0.2, 0) is 4.74 Å². The van der Waals surface area contributed by atoms with Crippen LogP contribution in [0.1, 0.15) is 65.7 Å². The molecule has 0 aromatic carbocycles. The van der Waals surface area contributed by atoms with Crippen molar-refractivity contribution in [1.29, 1.82) is 0 Å². The van der Waals surface area contributed by atoms with Crippen molar-refractivity contribution in [2.75, 3.05) is 26.2 Å². The average Bonchev–Trinajstić information content (AvgIpc) is 2.99. The number of nitrogens with zero attached hydrogens (tertiary/aromatic N) is 1. The zero-order chi connectivity index (χ0) is 14.4. The van der Waals surface area contributed by atoms with Gasteiger partial charge >= 0.3 is 0 Å². The molecule has 2 saturated heterocycles. The third-order valence-corrected chi connectivity index (χ3v) is 5.53. The van der Waals surface area contributed by atoms with Crippen molar-refractivity contribution < 1.29 is 4.74 Å². The summed E-state index contributed by atoms with van der Waals surface area (Å²) in [4.78, 5) is 2.78. The number of ether oxygens (including phenoxy) is 1. The lowest BCUT2D eigenvalue weighted by molar-refractivity contribution is 0.0129. The highest BCUT2D eigenvalue weighted by Gasteiger charge is 2.38. The Morgan fingerprint density at radius 3 is 2.60 bits per heavy atom. The Morgan fingerprint density at radius 2 is 2.00 bits per heavy atom. The summed E-state index contributed by atoms with van der Waals surface area (Å²) in [7, 11) is 0. The average molecular weight is 282 g/mol. The highest BCUT2D eigenvalue weighted by Crippen LogP contribution is 2.29. The van der Waals surface area contributed by atoms with Crippen LogP contribution in [0.15, 0.2) is 0 Å². The Hall–Kier alpha value is -0.120. The van der Waals surface area contributed by atoms with E-state index in [-0.39, 0.29) is 0 Å². The van der Waals surface area contributed by atoms with E-state index in [4.69, 9.17) is 4.74 Å². The molecule has 118 valence electrons. The molecule has 0 saturated carbocycles. The van der Waals surface area contributed by atoms with Gasteiger partial charge in [0.15, 0.2) is 0 Å². The van der Waals surface area contributed by atoms with Gasteiger partial charge in [0.2, 0.25) is 0 Å². The molecule has 2 aliphatic rings. The second kappa shape index (κ2) is 7.77. The number of hydrogen-bond acceptors (Lipinski definition) is 3. The highest BCUT2D eigenvalue weighted by molar-refractivity contribution is 4.97. The molecule has 1 N–H and O–H groups in total. The van der Waals surface area contributed by atoms with Crippen molar-refractivity contribution in [1.82, 2.24) is 10.2 Å². The predicted octanol–water partition coefficient (Wildman–Crippen LogP) is 3.19. The largest absolute Gasteiger partial charge is 0.378 e. The van der Waals surface area contributed by atoms with Gasteiger partial charge in [-0.1, -0.05) is 27.2 Å². The van der Waals surface area contributed by atoms with Crippen molar-refractivity contribution in [3.05, 3.63) is 0 Å². The molecule has 0 bridgehead atoms. The topological polar surface area (TPSA) is 24.5 Å². The summed E-state index contributed by atoms with van der Waals surface area (Å²) in [6.07, 6.45) is 9.37. The van der Waals surface area contributed by atoms with Crippen LogP contribution in [0.3, 0.4) is 0 Å². The first-order valence-corrected chi connectivity index (χ1v) is 8.84. The fraction of sp³-hybridized carbons (Fsp3) is 1.00. The monoisotopic (exact) mass is 282 g/mol. The first kappa shape index (κ1) is 16.3. The van der Waals surface area contributed by atoms with Gasteiger partial charge < -0.3 is 10.1 Å². The minimum Gasteiger partial charge on any atom is -0.378 e. The van der Waals surface area contributed by atoms with Crippen molar-refractivity contribution >= 4 is 0 Å². The zero-order valence-corrected chi connectivity index (χ0v) is 13.8. The number of piperazine rings is 1. The van der Waals surface area contributed by atoms with Gasteiger partial charge in [0.05, 0.1) is 6.10 Å². The molecule has 2 heterocycles. The van der Waals surface area contributed by atoms with E-state index in [0.29, 0.717) is 17.7 Å². The molecule has 0 aromatic heterocycles. The quantitative estimate of drug-likeness (QED) is 0.776. The smallest absolute Gasteiger partial charge is 0.0588 e. The summed E-state index contributed by atoms with van der Waals surface area (Å²) in [5.41, 5.74) is 0.378. The maximum absolute atomic E-state index is 5.81. The molecule has 2 aliphatic heterocycles. The minimum atomic E-state index is 0.378. The van der Waals surface area contributed by atoms with Gasteiger partial charge in [-0.3, -0.25) is 4.90 Å². The molecule has 2 unspecified atom stereocenters. The van der Waals surface area contributed by atoms with Gasteiger partial charge in [-0.25, -0.2) is 0 Å². The van der Waals surface area contributed by atoms with Crippen LogP contribution in [0.2, 0.25) is 0 Å². The lowest BCUT2D eigenvalue weighted by Crippen LogP contribution is -2.64. The van der Waals surface area contributed by atoms with E-state index >= 15 is 0 Å². The van der Waals surface area contributed by atoms with Crippen LogP contribution in [0, 0.1) is 0 Å². The molecule has 3 heteroatoms. The van der Waals surface area contributed by atoms with Gasteiger partial charge in [-0.15, -0.1) is 0 Å². The molecule has 2 rings (SSSR count). The second-order valence-electron chi connectivity index (χ2n) is 6.67. The van der Waals surface area contributed by atoms with Gasteiger partial charge in [0.25, 0.3) is 0 Å². The van der Waals surface area contributed by atoms with Crippen LogP contribution in [0.5, 0.6) is 0 Å². The van der Waals surface area contributed by atoms with Crippen LogP contribution >= 0.6 is 0 Å². The summed E-state index contributed by atoms with van der Waals surface area (Å²) in [5, 5.41) is 3.80. The maximum atomic E-state index is 5.81. The van der Waals surface area contributed by atoms with Gasteiger partial charge in [-0.2, -0.15) is 0 Å². The Balaban J connectivity index is 1.93. The summed E-state index contributed by atoms with van der Waals surface area (Å²) in [6, 6.07) is 0.690. The van der Waals surface area contributed by atoms with Crippen molar-refractivity contribution in [2.24, 2.45) is 0 Å². The molecular formula is C17H34N2O. The molecule has 3 nitrogen and oxygen atoms in total. The summed E-state index contributed by atoms with van der Waals surface area (Å²) < 4.78 is 5.81. The van der Waals surface area contributed by atoms with E-state index in [1.165, 1.54) is 58.0 Å². The molecule has 0 aromatic rings. The van der Waals surface area contributed by atoms with E-state index in [2.05, 4.69) is 31.0 Å². The lowest BCUT2D eigenvalue weighted by atomic mass is 9.86. The highest BCUT2D eigenvalue weighted by atomic mass is 16.5. The Morgan fingerprint density at radius 1 is 1.20 bits per heavy atom. The van der Waals surface area contributed by atoms with Gasteiger partial charge in [0, 0.05) is 37.8 Å². The van der Waals surface area contributed by atoms with E-state index in [1.807, 2.05) is 0 Å². The molecule has 0 spiro atoms. The van der Waals surface area contributed by atoms with Crippen LogP contribution in [-0.4, -0.2) is 48.8 Å². The van der Waals surface area contributed by atoms with Crippen LogP contribution in [0.4, 0.5) is 0 Å². The third kappa shape index (κ3) is 3.75. The van der Waals surface area contributed by atoms with Crippen molar-refractivity contribution in [3.8, 4) is 0 Å². The predicted molar refractivity (Wildman–Crippen MR) is 85.2 cm³/mol. The number of rotatable bonds is 7.